The van der Waals surface area contributed by atoms with Crippen LogP contribution in [0.4, 0.5) is 5.69 Å². The van der Waals surface area contributed by atoms with Crippen LogP contribution in [0.2, 0.25) is 0 Å². The minimum absolute atomic E-state index is 0.0539. The van der Waals surface area contributed by atoms with Crippen LogP contribution in [0, 0.1) is 0 Å². The summed E-state index contributed by atoms with van der Waals surface area (Å²) >= 11 is 0. The SMILES string of the molecule is CC(=O)Nc1ccc(CCCc2ccc(C(C)=O)cc2)cc1. The molecule has 0 aromatic heterocycles. The Kier molecular flexibility index (Phi) is 5.48. The first-order valence-corrected chi connectivity index (χ1v) is 7.51. The van der Waals surface area contributed by atoms with E-state index in [1.54, 1.807) is 6.92 Å². The van der Waals surface area contributed by atoms with E-state index >= 15 is 0 Å². The topological polar surface area (TPSA) is 46.2 Å². The third kappa shape index (κ3) is 4.85. The largest absolute Gasteiger partial charge is 0.326 e. The fraction of sp³-hybridized carbons (Fsp3) is 0.263. The number of carbonyl (C=O) groups excluding carboxylic acids is 2. The fourth-order valence-corrected chi connectivity index (χ4v) is 2.36. The molecule has 0 saturated heterocycles. The third-order valence-corrected chi connectivity index (χ3v) is 3.57. The molecule has 22 heavy (non-hydrogen) atoms. The summed E-state index contributed by atoms with van der Waals surface area (Å²) in [5, 5.41) is 2.76. The lowest BCUT2D eigenvalue weighted by Gasteiger charge is -2.05. The second-order valence-corrected chi connectivity index (χ2v) is 5.48. The number of carbonyl (C=O) groups is 2. The fourth-order valence-electron chi connectivity index (χ4n) is 2.36. The first-order chi connectivity index (χ1) is 10.5. The molecule has 2 aromatic carbocycles. The summed E-state index contributed by atoms with van der Waals surface area (Å²) in [5.41, 5.74) is 4.10. The zero-order chi connectivity index (χ0) is 15.9. The Labute approximate surface area is 131 Å². The van der Waals surface area contributed by atoms with E-state index in [2.05, 4.69) is 5.32 Å². The Morgan fingerprint density at radius 3 is 1.77 bits per heavy atom. The molecule has 0 unspecified atom stereocenters. The molecule has 0 aliphatic rings. The highest BCUT2D eigenvalue weighted by atomic mass is 16.1. The van der Waals surface area contributed by atoms with Gasteiger partial charge in [0.15, 0.2) is 5.78 Å². The first kappa shape index (κ1) is 16.0. The lowest BCUT2D eigenvalue weighted by atomic mass is 10.0. The van der Waals surface area contributed by atoms with Gasteiger partial charge >= 0.3 is 0 Å². The van der Waals surface area contributed by atoms with E-state index in [0.29, 0.717) is 0 Å². The molecule has 0 fully saturated rings. The van der Waals surface area contributed by atoms with Gasteiger partial charge in [-0.3, -0.25) is 9.59 Å². The summed E-state index contributed by atoms with van der Waals surface area (Å²) in [5.74, 6) is 0.0487. The summed E-state index contributed by atoms with van der Waals surface area (Å²) in [6.45, 7) is 3.09. The Balaban J connectivity index is 1.83. The van der Waals surface area contributed by atoms with Gasteiger partial charge in [-0.1, -0.05) is 36.4 Å². The van der Waals surface area contributed by atoms with Gasteiger partial charge in [-0.15, -0.1) is 0 Å². The molecular weight excluding hydrogens is 274 g/mol. The number of benzene rings is 2. The number of nitrogens with one attached hydrogen (secondary N) is 1. The molecule has 3 heteroatoms. The maximum atomic E-state index is 11.2. The van der Waals surface area contributed by atoms with E-state index < -0.39 is 0 Å². The third-order valence-electron chi connectivity index (χ3n) is 3.57. The molecule has 0 heterocycles. The van der Waals surface area contributed by atoms with Crippen molar-refractivity contribution in [1.29, 1.82) is 0 Å². The summed E-state index contributed by atoms with van der Waals surface area (Å²) in [7, 11) is 0. The predicted molar refractivity (Wildman–Crippen MR) is 89.2 cm³/mol. The minimum atomic E-state index is -0.0539. The molecule has 0 radical (unpaired) electrons. The maximum absolute atomic E-state index is 11.2. The Morgan fingerprint density at radius 2 is 1.32 bits per heavy atom. The van der Waals surface area contributed by atoms with Gasteiger partial charge in [0, 0.05) is 18.2 Å². The van der Waals surface area contributed by atoms with Crippen LogP contribution in [-0.4, -0.2) is 11.7 Å². The highest BCUT2D eigenvalue weighted by molar-refractivity contribution is 5.94. The molecule has 0 bridgehead atoms. The van der Waals surface area contributed by atoms with E-state index in [-0.39, 0.29) is 11.7 Å². The van der Waals surface area contributed by atoms with Gasteiger partial charge in [-0.25, -0.2) is 0 Å². The van der Waals surface area contributed by atoms with E-state index in [9.17, 15) is 9.59 Å². The first-order valence-electron chi connectivity index (χ1n) is 7.51. The zero-order valence-corrected chi connectivity index (χ0v) is 13.1. The second kappa shape index (κ2) is 7.55. The van der Waals surface area contributed by atoms with Gasteiger partial charge in [0.2, 0.25) is 5.91 Å². The Bertz CT molecular complexity index is 642. The van der Waals surface area contributed by atoms with Crippen molar-refractivity contribution in [3.63, 3.8) is 0 Å². The molecule has 0 aliphatic carbocycles. The van der Waals surface area contributed by atoms with Gasteiger partial charge in [-0.05, 0) is 49.4 Å². The number of hydrogen-bond acceptors (Lipinski definition) is 2. The summed E-state index contributed by atoms with van der Waals surface area (Å²) in [4.78, 5) is 22.2. The quantitative estimate of drug-likeness (QED) is 0.818. The molecule has 1 amide bonds. The van der Waals surface area contributed by atoms with E-state index in [1.165, 1.54) is 18.1 Å². The molecule has 114 valence electrons. The molecule has 0 spiro atoms. The molecule has 2 rings (SSSR count). The van der Waals surface area contributed by atoms with Crippen molar-refractivity contribution in [1.82, 2.24) is 0 Å². The van der Waals surface area contributed by atoms with Crippen molar-refractivity contribution in [2.24, 2.45) is 0 Å². The Hall–Kier alpha value is -2.42. The lowest BCUT2D eigenvalue weighted by molar-refractivity contribution is -0.114. The average Bonchev–Trinajstić information content (AvgIpc) is 2.49. The van der Waals surface area contributed by atoms with Crippen molar-refractivity contribution in [2.45, 2.75) is 33.1 Å². The number of hydrogen-bond donors (Lipinski definition) is 1. The van der Waals surface area contributed by atoms with Crippen molar-refractivity contribution in [2.75, 3.05) is 5.32 Å². The van der Waals surface area contributed by atoms with Crippen LogP contribution in [0.15, 0.2) is 48.5 Å². The van der Waals surface area contributed by atoms with Crippen molar-refractivity contribution < 1.29 is 9.59 Å². The number of anilines is 1. The number of amides is 1. The number of ketones is 1. The van der Waals surface area contributed by atoms with Gasteiger partial charge < -0.3 is 5.32 Å². The van der Waals surface area contributed by atoms with Crippen LogP contribution < -0.4 is 5.32 Å². The van der Waals surface area contributed by atoms with E-state index in [1.807, 2.05) is 48.5 Å². The number of Topliss-reactive ketones (excluding diaryl/α,β-unsaturated/α-hetero) is 1. The van der Waals surface area contributed by atoms with Gasteiger partial charge in [0.05, 0.1) is 0 Å². The van der Waals surface area contributed by atoms with Crippen LogP contribution >= 0.6 is 0 Å². The predicted octanol–water partition coefficient (Wildman–Crippen LogP) is 4.02. The smallest absolute Gasteiger partial charge is 0.221 e. The van der Waals surface area contributed by atoms with Crippen LogP contribution in [0.1, 0.15) is 41.8 Å². The van der Waals surface area contributed by atoms with E-state index in [0.717, 1.165) is 30.5 Å². The normalized spacial score (nSPS) is 10.3. The molecule has 2 aromatic rings. The number of rotatable bonds is 6. The zero-order valence-electron chi connectivity index (χ0n) is 13.1. The molecular formula is C19H21NO2. The summed E-state index contributed by atoms with van der Waals surface area (Å²) in [6.07, 6.45) is 3.04. The molecule has 0 saturated carbocycles. The summed E-state index contributed by atoms with van der Waals surface area (Å²) in [6, 6.07) is 15.8. The van der Waals surface area contributed by atoms with Gasteiger partial charge in [-0.2, -0.15) is 0 Å². The highest BCUT2D eigenvalue weighted by Crippen LogP contribution is 2.13. The second-order valence-electron chi connectivity index (χ2n) is 5.48. The lowest BCUT2D eigenvalue weighted by Crippen LogP contribution is -2.05. The van der Waals surface area contributed by atoms with Gasteiger partial charge in [0.25, 0.3) is 0 Å². The van der Waals surface area contributed by atoms with Crippen LogP contribution in [-0.2, 0) is 17.6 Å². The molecule has 0 atom stereocenters. The number of aryl methyl sites for hydroxylation is 2. The maximum Gasteiger partial charge on any atom is 0.221 e. The van der Waals surface area contributed by atoms with Crippen LogP contribution in [0.5, 0.6) is 0 Å². The van der Waals surface area contributed by atoms with E-state index in [4.69, 9.17) is 0 Å². The van der Waals surface area contributed by atoms with Crippen molar-refractivity contribution in [3.8, 4) is 0 Å². The standard InChI is InChI=1S/C19H21NO2/c1-14(21)18-10-6-16(7-11-18)4-3-5-17-8-12-19(13-9-17)20-15(2)22/h6-13H,3-5H2,1-2H3,(H,20,22). The minimum Gasteiger partial charge on any atom is -0.326 e. The molecule has 0 aliphatic heterocycles. The Morgan fingerprint density at radius 1 is 0.818 bits per heavy atom. The molecule has 1 N–H and O–H groups in total. The van der Waals surface area contributed by atoms with Crippen molar-refractivity contribution in [3.05, 3.63) is 65.2 Å². The molecule has 3 nitrogen and oxygen atoms in total. The highest BCUT2D eigenvalue weighted by Gasteiger charge is 2.00. The average molecular weight is 295 g/mol. The monoisotopic (exact) mass is 295 g/mol. The summed E-state index contributed by atoms with van der Waals surface area (Å²) < 4.78 is 0. The van der Waals surface area contributed by atoms with Gasteiger partial charge in [0.1, 0.15) is 0 Å². The van der Waals surface area contributed by atoms with Crippen molar-refractivity contribution >= 4 is 17.4 Å². The van der Waals surface area contributed by atoms with Crippen LogP contribution in [0.25, 0.3) is 0 Å². The van der Waals surface area contributed by atoms with Crippen LogP contribution in [0.3, 0.4) is 0 Å².